The Kier molecular flexibility index (Phi) is 9.13. The van der Waals surface area contributed by atoms with E-state index in [1.165, 1.54) is 23.5 Å². The molecular formula is C27H30F3NO4S. The molecule has 36 heavy (non-hydrogen) atoms. The number of esters is 1. The summed E-state index contributed by atoms with van der Waals surface area (Å²) in [6.45, 7) is 10.0. The van der Waals surface area contributed by atoms with E-state index >= 15 is 0 Å². The third-order valence-electron chi connectivity index (χ3n) is 5.61. The van der Waals surface area contributed by atoms with Crippen molar-refractivity contribution in [1.29, 1.82) is 0 Å². The Bertz CT molecular complexity index is 1170. The first-order valence-electron chi connectivity index (χ1n) is 11.7. The maximum atomic E-state index is 12.9. The van der Waals surface area contributed by atoms with E-state index in [9.17, 15) is 18.0 Å². The monoisotopic (exact) mass is 521 g/mol. The Morgan fingerprint density at radius 2 is 1.75 bits per heavy atom. The van der Waals surface area contributed by atoms with Crippen LogP contribution in [0.15, 0.2) is 42.5 Å². The average molecular weight is 522 g/mol. The van der Waals surface area contributed by atoms with Gasteiger partial charge in [-0.15, -0.1) is 11.3 Å². The Labute approximate surface area is 213 Å². The van der Waals surface area contributed by atoms with Gasteiger partial charge in [-0.3, -0.25) is 0 Å². The number of thiazole rings is 1. The highest BCUT2D eigenvalue weighted by Crippen LogP contribution is 2.36. The van der Waals surface area contributed by atoms with Crippen molar-refractivity contribution in [3.63, 3.8) is 0 Å². The molecule has 0 amide bonds. The molecule has 5 nitrogen and oxygen atoms in total. The molecule has 0 aliphatic heterocycles. The molecule has 9 heteroatoms. The number of aromatic nitrogens is 1. The number of aryl methyl sites for hydroxylation is 2. The highest BCUT2D eigenvalue weighted by molar-refractivity contribution is 7.15. The third-order valence-corrected chi connectivity index (χ3v) is 6.98. The maximum absolute atomic E-state index is 12.9. The van der Waals surface area contributed by atoms with E-state index in [0.29, 0.717) is 36.0 Å². The summed E-state index contributed by atoms with van der Waals surface area (Å²) in [6.07, 6.45) is -4.95. The van der Waals surface area contributed by atoms with Gasteiger partial charge in [-0.1, -0.05) is 18.2 Å². The van der Waals surface area contributed by atoms with E-state index in [1.54, 1.807) is 6.92 Å². The summed E-state index contributed by atoms with van der Waals surface area (Å²) in [5.41, 5.74) is 2.62. The normalized spacial score (nSPS) is 13.3. The van der Waals surface area contributed by atoms with Crippen LogP contribution in [-0.4, -0.2) is 30.3 Å². The standard InChI is InChI=1S/C27H30F3NO4S/c1-6-33-23(26(32)34-7-2)15-20-10-13-22(14-16(20)3)35-18(5)24-17(4)31-25(36-24)19-8-11-21(12-9-19)27(28,29)30/h8-14,18,23H,6-7,15H2,1-5H3. The van der Waals surface area contributed by atoms with Gasteiger partial charge in [-0.05, 0) is 70.0 Å². The van der Waals surface area contributed by atoms with E-state index in [0.717, 1.165) is 33.8 Å². The zero-order valence-electron chi connectivity index (χ0n) is 20.9. The number of carbonyl (C=O) groups is 1. The summed E-state index contributed by atoms with van der Waals surface area (Å²) in [5.74, 6) is 0.286. The Balaban J connectivity index is 1.72. The van der Waals surface area contributed by atoms with Crippen molar-refractivity contribution in [1.82, 2.24) is 4.98 Å². The quantitative estimate of drug-likeness (QED) is 0.267. The fourth-order valence-electron chi connectivity index (χ4n) is 3.79. The molecule has 0 fully saturated rings. The molecule has 0 spiro atoms. The molecule has 0 N–H and O–H groups in total. The van der Waals surface area contributed by atoms with Crippen molar-refractivity contribution in [3.05, 3.63) is 69.7 Å². The maximum Gasteiger partial charge on any atom is 0.416 e. The van der Waals surface area contributed by atoms with Gasteiger partial charge in [0.15, 0.2) is 6.10 Å². The van der Waals surface area contributed by atoms with Crippen molar-refractivity contribution in [2.24, 2.45) is 0 Å². The van der Waals surface area contributed by atoms with Crippen LogP contribution in [0.1, 0.15) is 54.1 Å². The van der Waals surface area contributed by atoms with E-state index in [2.05, 4.69) is 4.98 Å². The van der Waals surface area contributed by atoms with Crippen LogP contribution in [0.3, 0.4) is 0 Å². The molecule has 1 aromatic heterocycles. The minimum Gasteiger partial charge on any atom is -0.485 e. The third kappa shape index (κ3) is 6.85. The van der Waals surface area contributed by atoms with Gasteiger partial charge in [0.1, 0.15) is 16.9 Å². The fraction of sp³-hybridized carbons (Fsp3) is 0.407. The molecule has 3 rings (SSSR count). The first kappa shape index (κ1) is 27.7. The number of hydrogen-bond acceptors (Lipinski definition) is 6. The van der Waals surface area contributed by atoms with Crippen LogP contribution >= 0.6 is 11.3 Å². The van der Waals surface area contributed by atoms with Crippen molar-refractivity contribution in [3.8, 4) is 16.3 Å². The lowest BCUT2D eigenvalue weighted by Crippen LogP contribution is -2.29. The number of benzene rings is 2. The summed E-state index contributed by atoms with van der Waals surface area (Å²) in [4.78, 5) is 17.6. The summed E-state index contributed by atoms with van der Waals surface area (Å²) in [7, 11) is 0. The molecular weight excluding hydrogens is 491 g/mol. The summed E-state index contributed by atoms with van der Waals surface area (Å²) in [5, 5.41) is 0.638. The van der Waals surface area contributed by atoms with E-state index in [4.69, 9.17) is 14.2 Å². The van der Waals surface area contributed by atoms with Gasteiger partial charge in [-0.25, -0.2) is 9.78 Å². The highest BCUT2D eigenvalue weighted by Gasteiger charge is 2.30. The van der Waals surface area contributed by atoms with Crippen molar-refractivity contribution >= 4 is 17.3 Å². The number of carbonyl (C=O) groups excluding carboxylic acids is 1. The molecule has 1 heterocycles. The van der Waals surface area contributed by atoms with E-state index in [-0.39, 0.29) is 12.1 Å². The van der Waals surface area contributed by atoms with Gasteiger partial charge in [0, 0.05) is 18.6 Å². The van der Waals surface area contributed by atoms with Crippen LogP contribution in [0.25, 0.3) is 10.6 Å². The highest BCUT2D eigenvalue weighted by atomic mass is 32.1. The second-order valence-corrected chi connectivity index (χ2v) is 9.32. The van der Waals surface area contributed by atoms with Crippen LogP contribution in [0.5, 0.6) is 5.75 Å². The smallest absolute Gasteiger partial charge is 0.416 e. The summed E-state index contributed by atoms with van der Waals surface area (Å²) in [6, 6.07) is 10.7. The minimum absolute atomic E-state index is 0.295. The predicted molar refractivity (Wildman–Crippen MR) is 133 cm³/mol. The topological polar surface area (TPSA) is 57.7 Å². The van der Waals surface area contributed by atoms with Gasteiger partial charge in [-0.2, -0.15) is 13.2 Å². The van der Waals surface area contributed by atoms with Gasteiger partial charge >= 0.3 is 12.1 Å². The van der Waals surface area contributed by atoms with Crippen molar-refractivity contribution < 1.29 is 32.2 Å². The van der Waals surface area contributed by atoms with Crippen LogP contribution in [0.2, 0.25) is 0 Å². The molecule has 2 atom stereocenters. The number of halogens is 3. The van der Waals surface area contributed by atoms with Crippen LogP contribution in [-0.2, 0) is 26.9 Å². The Morgan fingerprint density at radius 1 is 1.06 bits per heavy atom. The van der Waals surface area contributed by atoms with Crippen LogP contribution in [0.4, 0.5) is 13.2 Å². The molecule has 0 saturated carbocycles. The Hall–Kier alpha value is -2.91. The van der Waals surface area contributed by atoms with Gasteiger partial charge in [0.2, 0.25) is 0 Å². The van der Waals surface area contributed by atoms with Crippen molar-refractivity contribution in [2.45, 2.75) is 59.4 Å². The van der Waals surface area contributed by atoms with Gasteiger partial charge in [0.25, 0.3) is 0 Å². The SMILES string of the molecule is CCOC(=O)C(Cc1ccc(OC(C)c2sc(-c3ccc(C(F)(F)F)cc3)nc2C)cc1C)OCC. The lowest BCUT2D eigenvalue weighted by Gasteiger charge is -2.18. The predicted octanol–water partition coefficient (Wildman–Crippen LogP) is 7.10. The molecule has 0 aliphatic rings. The number of rotatable bonds is 10. The largest absolute Gasteiger partial charge is 0.485 e. The second-order valence-electron chi connectivity index (χ2n) is 8.29. The minimum atomic E-state index is -4.37. The van der Waals surface area contributed by atoms with E-state index < -0.39 is 17.8 Å². The number of hydrogen-bond donors (Lipinski definition) is 0. The number of nitrogens with zero attached hydrogens (tertiary/aromatic N) is 1. The lowest BCUT2D eigenvalue weighted by atomic mass is 10.0. The fourth-order valence-corrected chi connectivity index (χ4v) is 4.84. The molecule has 0 radical (unpaired) electrons. The van der Waals surface area contributed by atoms with E-state index in [1.807, 2.05) is 45.9 Å². The van der Waals surface area contributed by atoms with Crippen molar-refractivity contribution in [2.75, 3.05) is 13.2 Å². The molecule has 0 saturated heterocycles. The number of ether oxygens (including phenoxy) is 3. The number of alkyl halides is 3. The van der Waals surface area contributed by atoms with Crippen LogP contribution in [0, 0.1) is 13.8 Å². The Morgan fingerprint density at radius 3 is 2.33 bits per heavy atom. The van der Waals surface area contributed by atoms with Gasteiger partial charge < -0.3 is 14.2 Å². The summed E-state index contributed by atoms with van der Waals surface area (Å²) >= 11 is 1.40. The molecule has 194 valence electrons. The molecule has 2 aromatic carbocycles. The molecule has 0 bridgehead atoms. The van der Waals surface area contributed by atoms with Crippen LogP contribution < -0.4 is 4.74 Å². The first-order chi connectivity index (χ1) is 17.0. The zero-order chi connectivity index (χ0) is 26.5. The average Bonchev–Trinajstić information content (AvgIpc) is 3.21. The first-order valence-corrected chi connectivity index (χ1v) is 12.5. The lowest BCUT2D eigenvalue weighted by molar-refractivity contribution is -0.156. The summed E-state index contributed by atoms with van der Waals surface area (Å²) < 4.78 is 55.4. The molecule has 2 unspecified atom stereocenters. The second kappa shape index (κ2) is 11.9. The molecule has 3 aromatic rings. The molecule has 0 aliphatic carbocycles. The van der Waals surface area contributed by atoms with Gasteiger partial charge in [0.05, 0.1) is 22.7 Å². The zero-order valence-corrected chi connectivity index (χ0v) is 21.8.